The molecule has 0 saturated carbocycles. The number of halogens is 2. The standard InChI is InChI=1S/C23H28F2N2O7S/c1-14(23(2,35(4,30)31)22(29)26-34-21-7-5-6-10-33-21)27-13-18(25)16(12-20(27)28)15-8-9-19(32-3)17(24)11-15/h8-9,11-14,21H,5-7,10H2,1-4H3,(H,26,29)/t14?,21?,23-/m1/s1. The molecule has 35 heavy (non-hydrogen) atoms. The molecule has 9 nitrogen and oxygen atoms in total. The van der Waals surface area contributed by atoms with Gasteiger partial charge in [-0.05, 0) is 44.4 Å². The van der Waals surface area contributed by atoms with Crippen LogP contribution < -0.4 is 15.8 Å². The van der Waals surface area contributed by atoms with Gasteiger partial charge in [0, 0.05) is 37.1 Å². The Kier molecular flexibility index (Phi) is 7.97. The van der Waals surface area contributed by atoms with Crippen molar-refractivity contribution in [3.8, 4) is 16.9 Å². The highest BCUT2D eigenvalue weighted by Gasteiger charge is 2.50. The number of pyridine rings is 1. The van der Waals surface area contributed by atoms with E-state index in [0.717, 1.165) is 48.9 Å². The Balaban J connectivity index is 1.95. The maximum Gasteiger partial charge on any atom is 0.266 e. The van der Waals surface area contributed by atoms with Gasteiger partial charge >= 0.3 is 0 Å². The maximum absolute atomic E-state index is 15.1. The van der Waals surface area contributed by atoms with E-state index < -0.39 is 50.0 Å². The van der Waals surface area contributed by atoms with Crippen LogP contribution >= 0.6 is 0 Å². The predicted octanol–water partition coefficient (Wildman–Crippen LogP) is 2.74. The average Bonchev–Trinajstić information content (AvgIpc) is 2.82. The van der Waals surface area contributed by atoms with Gasteiger partial charge in [0.1, 0.15) is 5.82 Å². The molecule has 0 aliphatic carbocycles. The van der Waals surface area contributed by atoms with Gasteiger partial charge in [0.2, 0.25) is 0 Å². The highest BCUT2D eigenvalue weighted by Crippen LogP contribution is 2.32. The molecule has 3 atom stereocenters. The Morgan fingerprint density at radius 2 is 1.97 bits per heavy atom. The van der Waals surface area contributed by atoms with E-state index in [4.69, 9.17) is 14.3 Å². The zero-order valence-electron chi connectivity index (χ0n) is 19.8. The molecule has 1 aliphatic heterocycles. The number of benzene rings is 1. The first kappa shape index (κ1) is 26.8. The number of carbonyl (C=O) groups is 1. The molecule has 1 aromatic carbocycles. The molecule has 3 rings (SSSR count). The van der Waals surface area contributed by atoms with Crippen LogP contribution in [0.3, 0.4) is 0 Å². The summed E-state index contributed by atoms with van der Waals surface area (Å²) in [6.45, 7) is 2.88. The van der Waals surface area contributed by atoms with Crippen molar-refractivity contribution >= 4 is 15.7 Å². The van der Waals surface area contributed by atoms with E-state index in [-0.39, 0.29) is 16.9 Å². The number of hydroxylamine groups is 1. The van der Waals surface area contributed by atoms with Gasteiger partial charge in [-0.2, -0.15) is 0 Å². The zero-order chi connectivity index (χ0) is 26.0. The third-order valence-corrected chi connectivity index (χ3v) is 8.42. The molecule has 2 aromatic rings. The van der Waals surface area contributed by atoms with E-state index in [1.54, 1.807) is 0 Å². The first-order valence-electron chi connectivity index (χ1n) is 10.9. The van der Waals surface area contributed by atoms with Crippen LogP contribution in [-0.4, -0.2) is 49.9 Å². The zero-order valence-corrected chi connectivity index (χ0v) is 20.7. The lowest BCUT2D eigenvalue weighted by atomic mass is 10.0. The summed E-state index contributed by atoms with van der Waals surface area (Å²) in [7, 11) is -2.87. The summed E-state index contributed by atoms with van der Waals surface area (Å²) >= 11 is 0. The fraction of sp³-hybridized carbons (Fsp3) is 0.478. The molecule has 0 radical (unpaired) electrons. The van der Waals surface area contributed by atoms with Crippen LogP contribution in [0.4, 0.5) is 8.78 Å². The minimum absolute atomic E-state index is 0.0492. The number of nitrogens with zero attached hydrogens (tertiary/aromatic N) is 1. The van der Waals surface area contributed by atoms with Gasteiger partial charge in [0.25, 0.3) is 11.5 Å². The van der Waals surface area contributed by atoms with Crippen molar-refractivity contribution in [2.45, 2.75) is 50.2 Å². The van der Waals surface area contributed by atoms with Crippen molar-refractivity contribution in [1.29, 1.82) is 0 Å². The summed E-state index contributed by atoms with van der Waals surface area (Å²) in [4.78, 5) is 31.2. The van der Waals surface area contributed by atoms with E-state index in [1.807, 2.05) is 0 Å². The number of amides is 1. The smallest absolute Gasteiger partial charge is 0.266 e. The van der Waals surface area contributed by atoms with Crippen molar-refractivity contribution in [3.63, 3.8) is 0 Å². The van der Waals surface area contributed by atoms with Gasteiger partial charge in [0.15, 0.2) is 32.4 Å². The predicted molar refractivity (Wildman–Crippen MR) is 123 cm³/mol. The molecule has 1 N–H and O–H groups in total. The van der Waals surface area contributed by atoms with Gasteiger partial charge in [-0.3, -0.25) is 9.59 Å². The summed E-state index contributed by atoms with van der Waals surface area (Å²) < 4.78 is 63.4. The van der Waals surface area contributed by atoms with E-state index >= 15 is 4.39 Å². The van der Waals surface area contributed by atoms with Crippen LogP contribution in [0, 0.1) is 11.6 Å². The van der Waals surface area contributed by atoms with Crippen LogP contribution in [0.1, 0.15) is 39.2 Å². The fourth-order valence-corrected chi connectivity index (χ4v) is 4.95. The van der Waals surface area contributed by atoms with Crippen LogP contribution in [0.5, 0.6) is 5.75 Å². The Morgan fingerprint density at radius 3 is 2.54 bits per heavy atom. The first-order valence-corrected chi connectivity index (χ1v) is 12.8. The lowest BCUT2D eigenvalue weighted by Gasteiger charge is -2.34. The fourth-order valence-electron chi connectivity index (χ4n) is 3.84. The SMILES string of the molecule is COc1ccc(-c2cc(=O)n(C(C)[C@](C)(C(=O)NOC3CCCCO3)S(C)(=O)=O)cc2F)cc1F. The van der Waals surface area contributed by atoms with Crippen molar-refractivity contribution in [1.82, 2.24) is 10.0 Å². The van der Waals surface area contributed by atoms with E-state index in [1.165, 1.54) is 26.2 Å². The molecule has 2 unspecified atom stereocenters. The highest BCUT2D eigenvalue weighted by atomic mass is 32.2. The maximum atomic E-state index is 15.1. The molecule has 1 aliphatic rings. The molecule has 1 fully saturated rings. The number of ether oxygens (including phenoxy) is 2. The first-order chi connectivity index (χ1) is 16.4. The quantitative estimate of drug-likeness (QED) is 0.539. The van der Waals surface area contributed by atoms with E-state index in [9.17, 15) is 22.4 Å². The molecule has 1 amide bonds. The van der Waals surface area contributed by atoms with Crippen LogP contribution in [0.2, 0.25) is 0 Å². The van der Waals surface area contributed by atoms with Crippen molar-refractivity contribution < 1.29 is 36.3 Å². The lowest BCUT2D eigenvalue weighted by molar-refractivity contribution is -0.201. The van der Waals surface area contributed by atoms with Crippen molar-refractivity contribution in [3.05, 3.63) is 52.5 Å². The van der Waals surface area contributed by atoms with E-state index in [0.29, 0.717) is 13.0 Å². The normalized spacial score (nSPS) is 19.0. The second-order valence-electron chi connectivity index (χ2n) is 8.53. The summed E-state index contributed by atoms with van der Waals surface area (Å²) in [6, 6.07) is 3.27. The number of rotatable bonds is 8. The number of hydrogen-bond acceptors (Lipinski definition) is 7. The summed E-state index contributed by atoms with van der Waals surface area (Å²) in [5.41, 5.74) is 1.24. The average molecular weight is 515 g/mol. The summed E-state index contributed by atoms with van der Waals surface area (Å²) in [5.74, 6) is -2.74. The second kappa shape index (κ2) is 10.4. The Labute approximate surface area is 201 Å². The van der Waals surface area contributed by atoms with Gasteiger partial charge in [-0.25, -0.2) is 27.5 Å². The van der Waals surface area contributed by atoms with Crippen LogP contribution in [-0.2, 0) is 24.2 Å². The number of hydrogen-bond donors (Lipinski definition) is 1. The molecule has 0 spiro atoms. The lowest BCUT2D eigenvalue weighted by Crippen LogP contribution is -2.56. The molecule has 12 heteroatoms. The number of aromatic nitrogens is 1. The monoisotopic (exact) mass is 514 g/mol. The minimum Gasteiger partial charge on any atom is -0.494 e. The van der Waals surface area contributed by atoms with Gasteiger partial charge in [-0.15, -0.1) is 0 Å². The molecule has 192 valence electrons. The van der Waals surface area contributed by atoms with Gasteiger partial charge < -0.3 is 14.0 Å². The molecule has 0 bridgehead atoms. The third-order valence-electron chi connectivity index (χ3n) is 6.35. The molecule has 2 heterocycles. The molecule has 1 saturated heterocycles. The van der Waals surface area contributed by atoms with Crippen LogP contribution in [0.15, 0.2) is 35.3 Å². The highest BCUT2D eigenvalue weighted by molar-refractivity contribution is 7.92. The number of nitrogens with one attached hydrogen (secondary N) is 1. The Morgan fingerprint density at radius 1 is 1.26 bits per heavy atom. The summed E-state index contributed by atoms with van der Waals surface area (Å²) in [6.07, 6.45) is 3.10. The second-order valence-corrected chi connectivity index (χ2v) is 10.9. The summed E-state index contributed by atoms with van der Waals surface area (Å²) in [5, 5.41) is 0. The number of sulfone groups is 1. The Bertz CT molecular complexity index is 1260. The Hall–Kier alpha value is -2.83. The van der Waals surface area contributed by atoms with Gasteiger partial charge in [0.05, 0.1) is 13.2 Å². The van der Waals surface area contributed by atoms with E-state index in [2.05, 4.69) is 5.48 Å². The molecular weight excluding hydrogens is 486 g/mol. The molecular formula is C23H28F2N2O7S. The largest absolute Gasteiger partial charge is 0.494 e. The van der Waals surface area contributed by atoms with Crippen molar-refractivity contribution in [2.24, 2.45) is 0 Å². The minimum atomic E-state index is -4.15. The number of methoxy groups -OCH3 is 1. The molecule has 1 aromatic heterocycles. The third kappa shape index (κ3) is 5.39. The van der Waals surface area contributed by atoms with Crippen molar-refractivity contribution in [2.75, 3.05) is 20.0 Å². The van der Waals surface area contributed by atoms with Gasteiger partial charge in [-0.1, -0.05) is 6.07 Å². The van der Waals surface area contributed by atoms with Crippen LogP contribution in [0.25, 0.3) is 11.1 Å². The topological polar surface area (TPSA) is 113 Å². The number of carbonyl (C=O) groups excluding carboxylic acids is 1.